The Bertz CT molecular complexity index is 620. The summed E-state index contributed by atoms with van der Waals surface area (Å²) in [4.78, 5) is 33.9. The summed E-state index contributed by atoms with van der Waals surface area (Å²) in [6.07, 6.45) is 0. The fourth-order valence-corrected chi connectivity index (χ4v) is 1.79. The number of nitrogens with one attached hydrogen (secondary N) is 1. The van der Waals surface area contributed by atoms with Crippen LogP contribution in [0, 0.1) is 28.8 Å². The Morgan fingerprint density at radius 1 is 1.50 bits per heavy atom. The summed E-state index contributed by atoms with van der Waals surface area (Å²) in [5, 5.41) is 21.8. The number of anilines is 1. The number of amides is 2. The highest BCUT2D eigenvalue weighted by molar-refractivity contribution is 5.91. The van der Waals surface area contributed by atoms with Crippen molar-refractivity contribution in [1.82, 2.24) is 4.90 Å². The molecule has 1 unspecified atom stereocenters. The number of benzene rings is 1. The zero-order valence-electron chi connectivity index (χ0n) is 12.3. The number of carboxylic acid groups (broad SMARTS) is 1. The van der Waals surface area contributed by atoms with Crippen LogP contribution >= 0.6 is 0 Å². The van der Waals surface area contributed by atoms with Gasteiger partial charge in [-0.15, -0.1) is 0 Å². The van der Waals surface area contributed by atoms with Gasteiger partial charge in [-0.05, 0) is 13.0 Å². The Labute approximate surface area is 125 Å². The first-order chi connectivity index (χ1) is 10.1. The van der Waals surface area contributed by atoms with Gasteiger partial charge in [-0.1, -0.05) is 6.92 Å². The third-order valence-electron chi connectivity index (χ3n) is 3.13. The number of rotatable bonds is 5. The van der Waals surface area contributed by atoms with Gasteiger partial charge in [0.15, 0.2) is 0 Å². The minimum atomic E-state index is -1.07. The van der Waals surface area contributed by atoms with Gasteiger partial charge in [-0.25, -0.2) is 9.18 Å². The van der Waals surface area contributed by atoms with E-state index < -0.39 is 28.7 Å². The van der Waals surface area contributed by atoms with Crippen LogP contribution in [0.3, 0.4) is 0 Å². The quantitative estimate of drug-likeness (QED) is 0.639. The number of halogens is 1. The van der Waals surface area contributed by atoms with Crippen molar-refractivity contribution in [2.24, 2.45) is 5.92 Å². The topological polar surface area (TPSA) is 113 Å². The second kappa shape index (κ2) is 6.83. The van der Waals surface area contributed by atoms with Gasteiger partial charge < -0.3 is 15.3 Å². The van der Waals surface area contributed by atoms with Crippen LogP contribution in [0.15, 0.2) is 12.1 Å². The summed E-state index contributed by atoms with van der Waals surface area (Å²) in [7, 11) is 1.35. The molecule has 0 fully saturated rings. The molecule has 1 aromatic carbocycles. The van der Waals surface area contributed by atoms with E-state index in [1.165, 1.54) is 20.9 Å². The lowest BCUT2D eigenvalue weighted by Crippen LogP contribution is -2.37. The van der Waals surface area contributed by atoms with Crippen molar-refractivity contribution in [1.29, 1.82) is 0 Å². The van der Waals surface area contributed by atoms with E-state index in [-0.39, 0.29) is 23.5 Å². The fourth-order valence-electron chi connectivity index (χ4n) is 1.79. The van der Waals surface area contributed by atoms with Crippen LogP contribution in [-0.2, 0) is 4.79 Å². The third kappa shape index (κ3) is 3.90. The van der Waals surface area contributed by atoms with Crippen LogP contribution in [-0.4, -0.2) is 40.5 Å². The maximum absolute atomic E-state index is 13.8. The molecule has 0 bridgehead atoms. The Kier molecular flexibility index (Phi) is 5.39. The number of carbonyl (C=O) groups excluding carboxylic acids is 1. The Morgan fingerprint density at radius 2 is 2.09 bits per heavy atom. The molecule has 1 atom stereocenters. The number of nitro groups is 1. The van der Waals surface area contributed by atoms with Crippen molar-refractivity contribution in [2.75, 3.05) is 18.9 Å². The summed E-state index contributed by atoms with van der Waals surface area (Å²) in [5.74, 6) is -2.68. The molecule has 120 valence electrons. The van der Waals surface area contributed by atoms with E-state index in [0.717, 1.165) is 17.0 Å². The van der Waals surface area contributed by atoms with E-state index in [4.69, 9.17) is 5.11 Å². The van der Waals surface area contributed by atoms with Gasteiger partial charge >= 0.3 is 12.0 Å². The van der Waals surface area contributed by atoms with Crippen LogP contribution in [0.25, 0.3) is 0 Å². The van der Waals surface area contributed by atoms with Crippen LogP contribution in [0.4, 0.5) is 20.6 Å². The number of urea groups is 1. The summed E-state index contributed by atoms with van der Waals surface area (Å²) >= 11 is 0. The predicted octanol–water partition coefficient (Wildman–Crippen LogP) is 2.23. The van der Waals surface area contributed by atoms with Crippen molar-refractivity contribution < 1.29 is 24.0 Å². The number of nitro benzene ring substituents is 1. The molecule has 8 nitrogen and oxygen atoms in total. The molecule has 2 N–H and O–H groups in total. The average Bonchev–Trinajstić information content (AvgIpc) is 2.42. The van der Waals surface area contributed by atoms with Gasteiger partial charge in [0.25, 0.3) is 5.69 Å². The van der Waals surface area contributed by atoms with Crippen LogP contribution in [0.5, 0.6) is 0 Å². The first-order valence-corrected chi connectivity index (χ1v) is 6.33. The first-order valence-electron chi connectivity index (χ1n) is 6.33. The predicted molar refractivity (Wildman–Crippen MR) is 76.2 cm³/mol. The van der Waals surface area contributed by atoms with Crippen molar-refractivity contribution in [2.45, 2.75) is 13.8 Å². The van der Waals surface area contributed by atoms with E-state index in [1.807, 2.05) is 0 Å². The van der Waals surface area contributed by atoms with Gasteiger partial charge in [0, 0.05) is 19.7 Å². The van der Waals surface area contributed by atoms with Crippen molar-refractivity contribution >= 4 is 23.4 Å². The van der Waals surface area contributed by atoms with E-state index >= 15 is 0 Å². The molecule has 0 aliphatic heterocycles. The maximum atomic E-state index is 13.8. The Balaban J connectivity index is 2.95. The molecule has 0 radical (unpaired) electrons. The highest BCUT2D eigenvalue weighted by atomic mass is 19.1. The summed E-state index contributed by atoms with van der Waals surface area (Å²) in [6, 6.07) is 1.15. The minimum absolute atomic E-state index is 0.0157. The second-order valence-electron chi connectivity index (χ2n) is 4.87. The monoisotopic (exact) mass is 313 g/mol. The lowest BCUT2D eigenvalue weighted by molar-refractivity contribution is -0.385. The number of aliphatic carboxylic acids is 1. The van der Waals surface area contributed by atoms with E-state index in [1.54, 1.807) is 0 Å². The standard InChI is InChI=1S/C13H16FN3O5/c1-7(12(18)19)6-16(3)13(20)15-11-8(2)10(17(21)22)5-4-9(11)14/h4-5,7H,6H2,1-3H3,(H,15,20)(H,18,19). The molecule has 0 saturated carbocycles. The highest BCUT2D eigenvalue weighted by Crippen LogP contribution is 2.28. The first kappa shape index (κ1) is 17.3. The average molecular weight is 313 g/mol. The van der Waals surface area contributed by atoms with E-state index in [2.05, 4.69) is 5.32 Å². The van der Waals surface area contributed by atoms with Crippen LogP contribution < -0.4 is 5.32 Å². The molecule has 1 rings (SSSR count). The lowest BCUT2D eigenvalue weighted by atomic mass is 10.1. The Hall–Kier alpha value is -2.71. The number of hydrogen-bond acceptors (Lipinski definition) is 4. The molecule has 0 heterocycles. The molecular weight excluding hydrogens is 297 g/mol. The largest absolute Gasteiger partial charge is 0.481 e. The van der Waals surface area contributed by atoms with Gasteiger partial charge in [-0.2, -0.15) is 0 Å². The number of carbonyl (C=O) groups is 2. The van der Waals surface area contributed by atoms with Gasteiger partial charge in [0.05, 0.1) is 22.1 Å². The summed E-state index contributed by atoms with van der Waals surface area (Å²) in [5.41, 5.74) is -0.634. The maximum Gasteiger partial charge on any atom is 0.321 e. The molecular formula is C13H16FN3O5. The van der Waals surface area contributed by atoms with Crippen LogP contribution in [0.1, 0.15) is 12.5 Å². The number of nitrogens with zero attached hydrogens (tertiary/aromatic N) is 2. The van der Waals surface area contributed by atoms with Crippen molar-refractivity contribution in [3.05, 3.63) is 33.6 Å². The third-order valence-corrected chi connectivity index (χ3v) is 3.13. The molecule has 0 aliphatic carbocycles. The van der Waals surface area contributed by atoms with Gasteiger partial charge in [0.2, 0.25) is 0 Å². The molecule has 1 aromatic rings. The second-order valence-corrected chi connectivity index (χ2v) is 4.87. The smallest absolute Gasteiger partial charge is 0.321 e. The zero-order chi connectivity index (χ0) is 17.0. The normalized spacial score (nSPS) is 11.6. The molecule has 0 aliphatic rings. The molecule has 0 saturated heterocycles. The molecule has 2 amide bonds. The molecule has 22 heavy (non-hydrogen) atoms. The highest BCUT2D eigenvalue weighted by Gasteiger charge is 2.22. The summed E-state index contributed by atoms with van der Waals surface area (Å²) < 4.78 is 13.8. The van der Waals surface area contributed by atoms with E-state index in [0.29, 0.717) is 0 Å². The number of carboxylic acids is 1. The minimum Gasteiger partial charge on any atom is -0.481 e. The Morgan fingerprint density at radius 3 is 2.59 bits per heavy atom. The van der Waals surface area contributed by atoms with Crippen molar-refractivity contribution in [3.8, 4) is 0 Å². The molecule has 9 heteroatoms. The number of hydrogen-bond donors (Lipinski definition) is 2. The lowest BCUT2D eigenvalue weighted by Gasteiger charge is -2.20. The van der Waals surface area contributed by atoms with Crippen molar-refractivity contribution in [3.63, 3.8) is 0 Å². The van der Waals surface area contributed by atoms with Gasteiger partial charge in [-0.3, -0.25) is 14.9 Å². The van der Waals surface area contributed by atoms with Crippen LogP contribution in [0.2, 0.25) is 0 Å². The fraction of sp³-hybridized carbons (Fsp3) is 0.385. The van der Waals surface area contributed by atoms with Gasteiger partial charge in [0.1, 0.15) is 5.82 Å². The zero-order valence-corrected chi connectivity index (χ0v) is 12.3. The van der Waals surface area contributed by atoms with E-state index in [9.17, 15) is 24.1 Å². The SMILES string of the molecule is Cc1c([N+](=O)[O-])ccc(F)c1NC(=O)N(C)CC(C)C(=O)O. The molecule has 0 aromatic heterocycles. The molecule has 0 spiro atoms. The summed E-state index contributed by atoms with van der Waals surface area (Å²) in [6.45, 7) is 2.65.